The third kappa shape index (κ3) is 2.90. The number of amides is 1. The van der Waals surface area contributed by atoms with E-state index in [0.717, 1.165) is 36.5 Å². The normalized spacial score (nSPS) is 48.0. The van der Waals surface area contributed by atoms with Gasteiger partial charge in [0.15, 0.2) is 0 Å². The molecule has 3 saturated carbocycles. The van der Waals surface area contributed by atoms with Gasteiger partial charge in [0.2, 0.25) is 5.91 Å². The van der Waals surface area contributed by atoms with Gasteiger partial charge in [-0.1, -0.05) is 0 Å². The van der Waals surface area contributed by atoms with Crippen molar-refractivity contribution < 1.29 is 14.3 Å². The largest absolute Gasteiger partial charge is 0.359 e. The van der Waals surface area contributed by atoms with E-state index in [1.54, 1.807) is 7.11 Å². The van der Waals surface area contributed by atoms with Crippen LogP contribution in [-0.2, 0) is 14.3 Å². The van der Waals surface area contributed by atoms with Crippen molar-refractivity contribution in [2.75, 3.05) is 13.9 Å². The highest BCUT2D eigenvalue weighted by Gasteiger charge is 2.53. The Bertz CT molecular complexity index is 482. The molecule has 3 aliphatic carbocycles. The summed E-state index contributed by atoms with van der Waals surface area (Å²) in [6.07, 6.45) is 11.2. The van der Waals surface area contributed by atoms with E-state index in [1.165, 1.54) is 44.9 Å². The first-order valence-corrected chi connectivity index (χ1v) is 10.0. The Labute approximate surface area is 146 Å². The fraction of sp³-hybridized carbons (Fsp3) is 0.950. The summed E-state index contributed by atoms with van der Waals surface area (Å²) in [5, 5.41) is 3.36. The lowest BCUT2D eigenvalue weighted by Crippen LogP contribution is -2.62. The molecular weight excluding hydrogens is 302 g/mol. The molecule has 0 unspecified atom stereocenters. The summed E-state index contributed by atoms with van der Waals surface area (Å²) in [6.45, 7) is 2.75. The molecule has 4 aliphatic rings. The van der Waals surface area contributed by atoms with Gasteiger partial charge in [-0.3, -0.25) is 4.79 Å². The first kappa shape index (κ1) is 16.8. The number of rotatable bonds is 3. The van der Waals surface area contributed by atoms with Crippen LogP contribution >= 0.6 is 0 Å². The lowest BCUT2D eigenvalue weighted by Gasteiger charge is -2.58. The molecule has 1 heterocycles. The smallest absolute Gasteiger partial charge is 0.220 e. The van der Waals surface area contributed by atoms with Crippen LogP contribution in [0.25, 0.3) is 0 Å². The zero-order valence-electron chi connectivity index (χ0n) is 15.3. The van der Waals surface area contributed by atoms with Crippen molar-refractivity contribution in [3.05, 3.63) is 0 Å². The quantitative estimate of drug-likeness (QED) is 0.803. The summed E-state index contributed by atoms with van der Waals surface area (Å²) < 4.78 is 10.9. The molecule has 0 aromatic heterocycles. The van der Waals surface area contributed by atoms with E-state index >= 15 is 0 Å². The number of piperidine rings is 1. The Balaban J connectivity index is 1.44. The Morgan fingerprint density at radius 2 is 1.92 bits per heavy atom. The fourth-order valence-electron chi connectivity index (χ4n) is 6.80. The summed E-state index contributed by atoms with van der Waals surface area (Å²) in [6, 6.07) is 0. The second kappa shape index (κ2) is 6.60. The molecule has 7 atom stereocenters. The minimum atomic E-state index is 0.0715. The molecule has 24 heavy (non-hydrogen) atoms. The molecule has 0 bridgehead atoms. The van der Waals surface area contributed by atoms with Crippen LogP contribution in [0.2, 0.25) is 0 Å². The second-order valence-electron chi connectivity index (χ2n) is 8.99. The highest BCUT2D eigenvalue weighted by atomic mass is 16.7. The number of hydrogen-bond donors (Lipinski definition) is 1. The Morgan fingerprint density at radius 1 is 1.08 bits per heavy atom. The molecule has 1 aliphatic heterocycles. The zero-order chi connectivity index (χ0) is 16.7. The van der Waals surface area contributed by atoms with Gasteiger partial charge in [0.1, 0.15) is 6.79 Å². The predicted octanol–water partition coefficient (Wildman–Crippen LogP) is 3.50. The monoisotopic (exact) mass is 335 g/mol. The summed E-state index contributed by atoms with van der Waals surface area (Å²) in [7, 11) is 1.71. The van der Waals surface area contributed by atoms with Gasteiger partial charge in [-0.2, -0.15) is 0 Å². The minimum absolute atomic E-state index is 0.0715. The molecule has 4 rings (SSSR count). The molecule has 4 nitrogen and oxygen atoms in total. The third-order valence-corrected chi connectivity index (χ3v) is 7.82. The molecule has 4 heteroatoms. The van der Waals surface area contributed by atoms with Gasteiger partial charge < -0.3 is 14.8 Å². The molecule has 0 aromatic rings. The van der Waals surface area contributed by atoms with Crippen LogP contribution < -0.4 is 5.32 Å². The van der Waals surface area contributed by atoms with Crippen molar-refractivity contribution in [3.8, 4) is 0 Å². The summed E-state index contributed by atoms with van der Waals surface area (Å²) in [5.41, 5.74) is 0.0715. The van der Waals surface area contributed by atoms with Gasteiger partial charge >= 0.3 is 0 Å². The van der Waals surface area contributed by atoms with E-state index in [9.17, 15) is 4.79 Å². The van der Waals surface area contributed by atoms with Gasteiger partial charge in [-0.25, -0.2) is 0 Å². The lowest BCUT2D eigenvalue weighted by molar-refractivity contribution is -0.136. The number of fused-ring (bicyclic) bond motifs is 5. The number of hydrogen-bond acceptors (Lipinski definition) is 3. The number of methoxy groups -OCH3 is 1. The van der Waals surface area contributed by atoms with Crippen molar-refractivity contribution in [1.29, 1.82) is 0 Å². The van der Waals surface area contributed by atoms with Gasteiger partial charge in [0.05, 0.1) is 6.10 Å². The van der Waals surface area contributed by atoms with Crippen LogP contribution in [0.1, 0.15) is 64.7 Å². The fourth-order valence-corrected chi connectivity index (χ4v) is 6.80. The molecule has 1 saturated heterocycles. The van der Waals surface area contributed by atoms with E-state index in [4.69, 9.17) is 9.47 Å². The van der Waals surface area contributed by atoms with E-state index in [2.05, 4.69) is 12.2 Å². The van der Waals surface area contributed by atoms with Gasteiger partial charge in [0, 0.05) is 19.1 Å². The highest BCUT2D eigenvalue weighted by molar-refractivity contribution is 5.77. The minimum Gasteiger partial charge on any atom is -0.359 e. The molecule has 1 amide bonds. The van der Waals surface area contributed by atoms with Gasteiger partial charge in [-0.05, 0) is 87.9 Å². The number of carbonyl (C=O) groups excluding carboxylic acids is 1. The number of carbonyl (C=O) groups is 1. The maximum Gasteiger partial charge on any atom is 0.220 e. The van der Waals surface area contributed by atoms with E-state index in [-0.39, 0.29) is 11.4 Å². The van der Waals surface area contributed by atoms with Crippen molar-refractivity contribution in [2.24, 2.45) is 29.6 Å². The van der Waals surface area contributed by atoms with E-state index in [1.807, 2.05) is 0 Å². The summed E-state index contributed by atoms with van der Waals surface area (Å²) >= 11 is 0. The van der Waals surface area contributed by atoms with Crippen molar-refractivity contribution in [1.82, 2.24) is 5.32 Å². The van der Waals surface area contributed by atoms with Crippen molar-refractivity contribution >= 4 is 5.91 Å². The SMILES string of the molecule is COCO[C@H]1CC[C@H]2[C@H](CC[C@@H]3[C@@H]2CC[C@]2(C)NC(=O)CC[C@@H]32)C1. The Hall–Kier alpha value is -0.610. The second-order valence-corrected chi connectivity index (χ2v) is 8.99. The maximum atomic E-state index is 11.9. The van der Waals surface area contributed by atoms with Gasteiger partial charge in [0.25, 0.3) is 0 Å². The average Bonchev–Trinajstić information content (AvgIpc) is 2.58. The summed E-state index contributed by atoms with van der Waals surface area (Å²) in [5.74, 6) is 4.45. The van der Waals surface area contributed by atoms with E-state index in [0.29, 0.717) is 18.8 Å². The van der Waals surface area contributed by atoms with Crippen LogP contribution in [0, 0.1) is 29.6 Å². The average molecular weight is 335 g/mol. The molecule has 0 spiro atoms. The van der Waals surface area contributed by atoms with Crippen molar-refractivity contribution in [2.45, 2.75) is 76.4 Å². The zero-order valence-corrected chi connectivity index (χ0v) is 15.3. The molecule has 4 fully saturated rings. The number of ether oxygens (including phenoxy) is 2. The molecule has 0 aromatic carbocycles. The molecular formula is C20H33NO3. The standard InChI is InChI=1S/C20H33NO3/c1-20-10-9-16-15-6-4-14(24-12-23-2)11-13(15)3-5-17(16)18(20)7-8-19(22)21-20/h13-18H,3-12H2,1-2H3,(H,21,22)/t13-,14+,15+,16-,17-,18+,20+/m1/s1. The van der Waals surface area contributed by atoms with Crippen LogP contribution in [0.5, 0.6) is 0 Å². The van der Waals surface area contributed by atoms with Crippen LogP contribution in [0.3, 0.4) is 0 Å². The van der Waals surface area contributed by atoms with Crippen LogP contribution in [-0.4, -0.2) is 31.5 Å². The highest BCUT2D eigenvalue weighted by Crippen LogP contribution is 2.57. The maximum absolute atomic E-state index is 11.9. The number of nitrogens with one attached hydrogen (secondary N) is 1. The molecule has 136 valence electrons. The third-order valence-electron chi connectivity index (χ3n) is 7.82. The van der Waals surface area contributed by atoms with Crippen LogP contribution in [0.4, 0.5) is 0 Å². The summed E-state index contributed by atoms with van der Waals surface area (Å²) in [4.78, 5) is 11.9. The van der Waals surface area contributed by atoms with Gasteiger partial charge in [-0.15, -0.1) is 0 Å². The molecule has 0 radical (unpaired) electrons. The first-order valence-electron chi connectivity index (χ1n) is 10.0. The molecule has 1 N–H and O–H groups in total. The Kier molecular flexibility index (Phi) is 4.63. The van der Waals surface area contributed by atoms with Crippen molar-refractivity contribution in [3.63, 3.8) is 0 Å². The predicted molar refractivity (Wildman–Crippen MR) is 92.3 cm³/mol. The lowest BCUT2D eigenvalue weighted by atomic mass is 9.50. The first-order chi connectivity index (χ1) is 11.6. The van der Waals surface area contributed by atoms with E-state index < -0.39 is 0 Å². The van der Waals surface area contributed by atoms with Crippen LogP contribution in [0.15, 0.2) is 0 Å². The topological polar surface area (TPSA) is 47.6 Å². The Morgan fingerprint density at radius 3 is 2.75 bits per heavy atom.